The molecule has 8 nitrogen and oxygen atoms in total. The second-order valence-electron chi connectivity index (χ2n) is 8.63. The summed E-state index contributed by atoms with van der Waals surface area (Å²) in [5.41, 5.74) is 1.39. The van der Waals surface area contributed by atoms with Crippen molar-refractivity contribution in [2.45, 2.75) is 37.5 Å². The maximum Gasteiger partial charge on any atom is 0.243 e. The Kier molecular flexibility index (Phi) is 7.00. The Hall–Kier alpha value is -2.78. The van der Waals surface area contributed by atoms with E-state index >= 15 is 0 Å². The van der Waals surface area contributed by atoms with Gasteiger partial charge in [-0.25, -0.2) is 8.42 Å². The van der Waals surface area contributed by atoms with Gasteiger partial charge >= 0.3 is 0 Å². The van der Waals surface area contributed by atoms with Gasteiger partial charge in [-0.1, -0.05) is 26.8 Å². The summed E-state index contributed by atoms with van der Waals surface area (Å²) in [4.78, 5) is 12.7. The quantitative estimate of drug-likeness (QED) is 0.707. The maximum atomic E-state index is 13.0. The minimum atomic E-state index is -3.91. The van der Waals surface area contributed by atoms with Crippen LogP contribution in [-0.4, -0.2) is 52.5 Å². The minimum absolute atomic E-state index is 0.0318. The number of carbonyl (C=O) groups excluding carboxylic acids is 1. The molecule has 0 spiro atoms. The number of nitrogens with zero attached hydrogens (tertiary/aromatic N) is 1. The fourth-order valence-corrected chi connectivity index (χ4v) is 4.38. The van der Waals surface area contributed by atoms with Crippen LogP contribution in [0.15, 0.2) is 41.3 Å². The van der Waals surface area contributed by atoms with E-state index in [0.29, 0.717) is 36.1 Å². The van der Waals surface area contributed by atoms with Gasteiger partial charge in [0, 0.05) is 19.5 Å². The van der Waals surface area contributed by atoms with Crippen LogP contribution in [0.1, 0.15) is 32.8 Å². The average Bonchev–Trinajstić information content (AvgIpc) is 2.97. The Balaban J connectivity index is 1.76. The SMILES string of the molecule is COc1ccc(C(C)(C)C)cc1NC(=O)CN(C)S(=O)(=O)c1ccc2c(c1)OCCCO2. The first kappa shape index (κ1) is 23.9. The third-order valence-electron chi connectivity index (χ3n) is 5.13. The lowest BCUT2D eigenvalue weighted by Crippen LogP contribution is -2.35. The molecule has 1 aliphatic rings. The number of nitrogens with one attached hydrogen (secondary N) is 1. The van der Waals surface area contributed by atoms with Crippen molar-refractivity contribution in [3.05, 3.63) is 42.0 Å². The number of anilines is 1. The normalized spacial score (nSPS) is 14.1. The highest BCUT2D eigenvalue weighted by atomic mass is 32.2. The summed E-state index contributed by atoms with van der Waals surface area (Å²) < 4.78 is 43.5. The second kappa shape index (κ2) is 9.38. The largest absolute Gasteiger partial charge is 0.495 e. The van der Waals surface area contributed by atoms with Gasteiger partial charge in [-0.05, 0) is 35.2 Å². The molecule has 0 bridgehead atoms. The Bertz CT molecular complexity index is 1090. The zero-order valence-corrected chi connectivity index (χ0v) is 19.9. The summed E-state index contributed by atoms with van der Waals surface area (Å²) in [6, 6.07) is 10.0. The van der Waals surface area contributed by atoms with E-state index in [1.165, 1.54) is 26.3 Å². The van der Waals surface area contributed by atoms with Gasteiger partial charge in [0.25, 0.3) is 0 Å². The summed E-state index contributed by atoms with van der Waals surface area (Å²) in [7, 11) is -1.03. The number of hydrogen-bond donors (Lipinski definition) is 1. The highest BCUT2D eigenvalue weighted by Crippen LogP contribution is 2.33. The third-order valence-corrected chi connectivity index (χ3v) is 6.93. The van der Waals surface area contributed by atoms with E-state index in [1.807, 2.05) is 12.1 Å². The molecule has 0 aromatic heterocycles. The zero-order chi connectivity index (χ0) is 23.5. The molecule has 174 valence electrons. The van der Waals surface area contributed by atoms with Crippen LogP contribution in [0.25, 0.3) is 0 Å². The Morgan fingerprint density at radius 1 is 1.09 bits per heavy atom. The molecule has 2 aromatic rings. The molecule has 0 aliphatic carbocycles. The lowest BCUT2D eigenvalue weighted by atomic mass is 9.87. The smallest absolute Gasteiger partial charge is 0.243 e. The number of rotatable bonds is 6. The van der Waals surface area contributed by atoms with E-state index in [-0.39, 0.29) is 16.9 Å². The van der Waals surface area contributed by atoms with Gasteiger partial charge in [-0.15, -0.1) is 0 Å². The first-order valence-electron chi connectivity index (χ1n) is 10.4. The number of methoxy groups -OCH3 is 1. The predicted octanol–water partition coefficient (Wildman–Crippen LogP) is 3.41. The number of ether oxygens (including phenoxy) is 3. The fourth-order valence-electron chi connectivity index (χ4n) is 3.23. The molecular weight excluding hydrogens is 432 g/mol. The second-order valence-corrected chi connectivity index (χ2v) is 10.7. The lowest BCUT2D eigenvalue weighted by molar-refractivity contribution is -0.116. The van der Waals surface area contributed by atoms with Gasteiger partial charge < -0.3 is 19.5 Å². The molecule has 1 amide bonds. The highest BCUT2D eigenvalue weighted by Gasteiger charge is 2.26. The summed E-state index contributed by atoms with van der Waals surface area (Å²) in [5.74, 6) is 0.910. The van der Waals surface area contributed by atoms with E-state index in [4.69, 9.17) is 14.2 Å². The Morgan fingerprint density at radius 3 is 2.44 bits per heavy atom. The van der Waals surface area contributed by atoms with E-state index in [1.54, 1.807) is 12.1 Å². The number of fused-ring (bicyclic) bond motifs is 1. The number of benzene rings is 2. The third kappa shape index (κ3) is 5.34. The van der Waals surface area contributed by atoms with Crippen LogP contribution in [0.2, 0.25) is 0 Å². The summed E-state index contributed by atoms with van der Waals surface area (Å²) in [5, 5.41) is 2.77. The van der Waals surface area contributed by atoms with Crippen molar-refractivity contribution in [2.24, 2.45) is 0 Å². The standard InChI is InChI=1S/C23H30N2O6S/c1-23(2,3)16-7-9-19(29-5)18(13-16)24-22(26)15-25(4)32(27,28)17-8-10-20-21(14-17)31-12-6-11-30-20/h7-10,13-14H,6,11-12,15H2,1-5H3,(H,24,26). The number of hydrogen-bond acceptors (Lipinski definition) is 6. The maximum absolute atomic E-state index is 13.0. The van der Waals surface area contributed by atoms with Gasteiger partial charge in [0.1, 0.15) is 5.75 Å². The molecule has 0 atom stereocenters. The van der Waals surface area contributed by atoms with Gasteiger partial charge in [0.15, 0.2) is 11.5 Å². The van der Waals surface area contributed by atoms with Gasteiger partial charge in [0.05, 0.1) is 37.5 Å². The van der Waals surface area contributed by atoms with Crippen LogP contribution in [-0.2, 0) is 20.2 Å². The molecule has 0 unspecified atom stereocenters. The van der Waals surface area contributed by atoms with Crippen molar-refractivity contribution in [3.8, 4) is 17.2 Å². The van der Waals surface area contributed by atoms with Crippen molar-refractivity contribution in [3.63, 3.8) is 0 Å². The zero-order valence-electron chi connectivity index (χ0n) is 19.1. The predicted molar refractivity (Wildman–Crippen MR) is 122 cm³/mol. The first-order valence-corrected chi connectivity index (χ1v) is 11.8. The van der Waals surface area contributed by atoms with E-state index in [9.17, 15) is 13.2 Å². The molecule has 1 heterocycles. The van der Waals surface area contributed by atoms with Crippen LogP contribution in [0, 0.1) is 0 Å². The summed E-state index contributed by atoms with van der Waals surface area (Å²) in [6.45, 7) is 6.80. The first-order chi connectivity index (χ1) is 15.0. The molecule has 1 aliphatic heterocycles. The lowest BCUT2D eigenvalue weighted by Gasteiger charge is -2.22. The fraction of sp³-hybridized carbons (Fsp3) is 0.435. The van der Waals surface area contributed by atoms with E-state index in [0.717, 1.165) is 16.3 Å². The molecular formula is C23H30N2O6S. The highest BCUT2D eigenvalue weighted by molar-refractivity contribution is 7.89. The van der Waals surface area contributed by atoms with Crippen LogP contribution in [0.5, 0.6) is 17.2 Å². The molecule has 0 fully saturated rings. The number of sulfonamides is 1. The molecule has 32 heavy (non-hydrogen) atoms. The molecule has 2 aromatic carbocycles. The molecule has 1 N–H and O–H groups in total. The molecule has 9 heteroatoms. The van der Waals surface area contributed by atoms with Crippen LogP contribution >= 0.6 is 0 Å². The molecule has 0 saturated heterocycles. The van der Waals surface area contributed by atoms with Crippen molar-refractivity contribution >= 4 is 21.6 Å². The topological polar surface area (TPSA) is 94.2 Å². The number of amides is 1. The molecule has 0 saturated carbocycles. The monoisotopic (exact) mass is 462 g/mol. The van der Waals surface area contributed by atoms with Gasteiger partial charge in [-0.3, -0.25) is 4.79 Å². The van der Waals surface area contributed by atoms with Crippen molar-refractivity contribution in [1.29, 1.82) is 0 Å². The number of likely N-dealkylation sites (N-methyl/N-ethyl adjacent to an activating group) is 1. The van der Waals surface area contributed by atoms with Crippen molar-refractivity contribution < 1.29 is 27.4 Å². The van der Waals surface area contributed by atoms with Crippen molar-refractivity contribution in [2.75, 3.05) is 39.2 Å². The molecule has 0 radical (unpaired) electrons. The van der Waals surface area contributed by atoms with Crippen LogP contribution in [0.4, 0.5) is 5.69 Å². The summed E-state index contributed by atoms with van der Waals surface area (Å²) >= 11 is 0. The van der Waals surface area contributed by atoms with Crippen LogP contribution < -0.4 is 19.5 Å². The number of carbonyl (C=O) groups is 1. The minimum Gasteiger partial charge on any atom is -0.495 e. The summed E-state index contributed by atoms with van der Waals surface area (Å²) in [6.07, 6.45) is 0.719. The van der Waals surface area contributed by atoms with Crippen LogP contribution in [0.3, 0.4) is 0 Å². The molecule has 3 rings (SSSR count). The Morgan fingerprint density at radius 2 is 1.78 bits per heavy atom. The average molecular weight is 463 g/mol. The van der Waals surface area contributed by atoms with E-state index in [2.05, 4.69) is 26.1 Å². The van der Waals surface area contributed by atoms with Gasteiger partial charge in [-0.2, -0.15) is 4.31 Å². The van der Waals surface area contributed by atoms with E-state index < -0.39 is 15.9 Å². The van der Waals surface area contributed by atoms with Crippen molar-refractivity contribution in [1.82, 2.24) is 4.31 Å². The Labute approximate surface area is 189 Å². The van der Waals surface area contributed by atoms with Gasteiger partial charge in [0.2, 0.25) is 15.9 Å².